The van der Waals surface area contributed by atoms with Gasteiger partial charge >= 0.3 is 0 Å². The number of nitrogens with one attached hydrogen (secondary N) is 2. The zero-order chi connectivity index (χ0) is 14.4. The maximum atomic E-state index is 11.9. The summed E-state index contributed by atoms with van der Waals surface area (Å²) in [5.74, 6) is 1.20. The van der Waals surface area contributed by atoms with Crippen molar-refractivity contribution in [3.8, 4) is 5.75 Å². The molecule has 1 heterocycles. The lowest BCUT2D eigenvalue weighted by Crippen LogP contribution is -2.39. The molecule has 4 nitrogen and oxygen atoms in total. The summed E-state index contributed by atoms with van der Waals surface area (Å²) in [7, 11) is 0. The molecule has 0 aliphatic carbocycles. The number of halogens is 1. The van der Waals surface area contributed by atoms with Crippen LogP contribution in [0.3, 0.4) is 0 Å². The van der Waals surface area contributed by atoms with Crippen LogP contribution in [-0.2, 0) is 4.79 Å². The third-order valence-corrected chi connectivity index (χ3v) is 3.58. The van der Waals surface area contributed by atoms with E-state index in [1.165, 1.54) is 11.1 Å². The van der Waals surface area contributed by atoms with Gasteiger partial charge in [-0.1, -0.05) is 6.07 Å². The predicted octanol–water partition coefficient (Wildman–Crippen LogP) is 2.22. The number of amides is 1. The largest absolute Gasteiger partial charge is 0.492 e. The van der Waals surface area contributed by atoms with Crippen LogP contribution < -0.4 is 15.4 Å². The van der Waals surface area contributed by atoms with Gasteiger partial charge in [-0.05, 0) is 63.0 Å². The molecule has 0 unspecified atom stereocenters. The summed E-state index contributed by atoms with van der Waals surface area (Å²) >= 11 is 0. The zero-order valence-electron chi connectivity index (χ0n) is 12.8. The first kappa shape index (κ1) is 17.8. The Balaban J connectivity index is 0.00000220. The average molecular weight is 313 g/mol. The molecule has 1 fully saturated rings. The number of hydrogen-bond donors (Lipinski definition) is 2. The Hall–Kier alpha value is -1.26. The van der Waals surface area contributed by atoms with E-state index in [0.717, 1.165) is 31.7 Å². The maximum Gasteiger partial charge on any atom is 0.223 e. The van der Waals surface area contributed by atoms with E-state index in [1.807, 2.05) is 12.1 Å². The van der Waals surface area contributed by atoms with Gasteiger partial charge in [0.1, 0.15) is 12.4 Å². The van der Waals surface area contributed by atoms with Gasteiger partial charge in [-0.3, -0.25) is 4.79 Å². The fourth-order valence-corrected chi connectivity index (χ4v) is 2.59. The van der Waals surface area contributed by atoms with Gasteiger partial charge in [0.05, 0.1) is 6.54 Å². The predicted molar refractivity (Wildman–Crippen MR) is 87.3 cm³/mol. The van der Waals surface area contributed by atoms with E-state index < -0.39 is 0 Å². The van der Waals surface area contributed by atoms with Crippen LogP contribution in [0.4, 0.5) is 0 Å². The van der Waals surface area contributed by atoms with Crippen molar-refractivity contribution in [2.75, 3.05) is 26.2 Å². The summed E-state index contributed by atoms with van der Waals surface area (Å²) in [5, 5.41) is 6.22. The highest BCUT2D eigenvalue weighted by atomic mass is 35.5. The van der Waals surface area contributed by atoms with Crippen LogP contribution in [0.5, 0.6) is 5.75 Å². The van der Waals surface area contributed by atoms with Gasteiger partial charge in [0.2, 0.25) is 5.91 Å². The molecule has 0 spiro atoms. The van der Waals surface area contributed by atoms with E-state index in [0.29, 0.717) is 13.2 Å². The highest BCUT2D eigenvalue weighted by molar-refractivity contribution is 5.85. The van der Waals surface area contributed by atoms with Gasteiger partial charge < -0.3 is 15.4 Å². The van der Waals surface area contributed by atoms with Gasteiger partial charge in [0.15, 0.2) is 0 Å². The standard InChI is InChI=1S/C16H24N2O2.ClH/c1-12-9-13(2)11-15(10-12)20-8-7-18-16(19)14-3-5-17-6-4-14;/h9-11,14,17H,3-8H2,1-2H3,(H,18,19);1H. The Morgan fingerprint density at radius 1 is 1.24 bits per heavy atom. The summed E-state index contributed by atoms with van der Waals surface area (Å²) in [6.07, 6.45) is 1.87. The number of ether oxygens (including phenoxy) is 1. The van der Waals surface area contributed by atoms with E-state index in [2.05, 4.69) is 30.5 Å². The van der Waals surface area contributed by atoms with Gasteiger partial charge in [0.25, 0.3) is 0 Å². The smallest absolute Gasteiger partial charge is 0.223 e. The molecule has 1 aromatic carbocycles. The van der Waals surface area contributed by atoms with E-state index in [9.17, 15) is 4.79 Å². The van der Waals surface area contributed by atoms with Crippen LogP contribution in [0.1, 0.15) is 24.0 Å². The lowest BCUT2D eigenvalue weighted by molar-refractivity contribution is -0.125. The Morgan fingerprint density at radius 3 is 2.48 bits per heavy atom. The van der Waals surface area contributed by atoms with Crippen molar-refractivity contribution in [3.05, 3.63) is 29.3 Å². The molecule has 1 aromatic rings. The molecule has 0 atom stereocenters. The molecule has 118 valence electrons. The normalized spacial score (nSPS) is 15.1. The summed E-state index contributed by atoms with van der Waals surface area (Å²) < 4.78 is 5.68. The van der Waals surface area contributed by atoms with E-state index in [-0.39, 0.29) is 24.2 Å². The third-order valence-electron chi connectivity index (χ3n) is 3.58. The minimum absolute atomic E-state index is 0. The lowest BCUT2D eigenvalue weighted by Gasteiger charge is -2.21. The topological polar surface area (TPSA) is 50.4 Å². The highest BCUT2D eigenvalue weighted by Crippen LogP contribution is 2.16. The fourth-order valence-electron chi connectivity index (χ4n) is 2.59. The van der Waals surface area contributed by atoms with E-state index in [1.54, 1.807) is 0 Å². The Bertz CT molecular complexity index is 439. The molecule has 0 saturated carbocycles. The Labute approximate surface area is 133 Å². The molecule has 1 aliphatic heterocycles. The van der Waals surface area contributed by atoms with Crippen molar-refractivity contribution in [1.82, 2.24) is 10.6 Å². The summed E-state index contributed by atoms with van der Waals surface area (Å²) in [4.78, 5) is 11.9. The molecule has 1 saturated heterocycles. The van der Waals surface area contributed by atoms with Gasteiger partial charge in [-0.2, -0.15) is 0 Å². The van der Waals surface area contributed by atoms with Gasteiger partial charge in [-0.15, -0.1) is 12.4 Å². The summed E-state index contributed by atoms with van der Waals surface area (Å²) in [5.41, 5.74) is 2.39. The number of piperidine rings is 1. The molecule has 0 radical (unpaired) electrons. The molecule has 5 heteroatoms. The van der Waals surface area contributed by atoms with Crippen molar-refractivity contribution in [3.63, 3.8) is 0 Å². The number of benzene rings is 1. The monoisotopic (exact) mass is 312 g/mol. The average Bonchev–Trinajstić information content (AvgIpc) is 2.43. The first-order valence-electron chi connectivity index (χ1n) is 7.34. The molecular formula is C16H25ClN2O2. The van der Waals surface area contributed by atoms with Crippen molar-refractivity contribution in [2.24, 2.45) is 5.92 Å². The molecule has 2 N–H and O–H groups in total. The Morgan fingerprint density at radius 2 is 1.86 bits per heavy atom. The first-order valence-corrected chi connectivity index (χ1v) is 7.34. The quantitative estimate of drug-likeness (QED) is 0.820. The molecule has 1 aliphatic rings. The molecular weight excluding hydrogens is 288 g/mol. The van der Waals surface area contributed by atoms with Crippen LogP contribution in [0.15, 0.2) is 18.2 Å². The minimum Gasteiger partial charge on any atom is -0.492 e. The van der Waals surface area contributed by atoms with Crippen molar-refractivity contribution >= 4 is 18.3 Å². The Kier molecular flexibility index (Phi) is 7.54. The summed E-state index contributed by atoms with van der Waals surface area (Å²) in [6.45, 7) is 7.07. The van der Waals surface area contributed by atoms with Gasteiger partial charge in [0, 0.05) is 5.92 Å². The second-order valence-electron chi connectivity index (χ2n) is 5.49. The van der Waals surface area contributed by atoms with Gasteiger partial charge in [-0.25, -0.2) is 0 Å². The molecule has 2 rings (SSSR count). The first-order chi connectivity index (χ1) is 9.65. The number of rotatable bonds is 5. The van der Waals surface area contributed by atoms with Crippen LogP contribution in [0, 0.1) is 19.8 Å². The van der Waals surface area contributed by atoms with Crippen LogP contribution in [-0.4, -0.2) is 32.1 Å². The van der Waals surface area contributed by atoms with Crippen LogP contribution in [0.2, 0.25) is 0 Å². The maximum absolute atomic E-state index is 11.9. The van der Waals surface area contributed by atoms with Crippen molar-refractivity contribution in [1.29, 1.82) is 0 Å². The fraction of sp³-hybridized carbons (Fsp3) is 0.562. The molecule has 1 amide bonds. The minimum atomic E-state index is 0. The number of carbonyl (C=O) groups is 1. The molecule has 0 aromatic heterocycles. The third kappa shape index (κ3) is 5.94. The van der Waals surface area contributed by atoms with E-state index >= 15 is 0 Å². The molecule has 0 bridgehead atoms. The van der Waals surface area contributed by atoms with Crippen molar-refractivity contribution < 1.29 is 9.53 Å². The SMILES string of the molecule is Cc1cc(C)cc(OCCNC(=O)C2CCNCC2)c1.Cl. The van der Waals surface area contributed by atoms with Crippen molar-refractivity contribution in [2.45, 2.75) is 26.7 Å². The van der Waals surface area contributed by atoms with Crippen LogP contribution in [0.25, 0.3) is 0 Å². The van der Waals surface area contributed by atoms with E-state index in [4.69, 9.17) is 4.74 Å². The zero-order valence-corrected chi connectivity index (χ0v) is 13.6. The van der Waals surface area contributed by atoms with Crippen LogP contribution >= 0.6 is 12.4 Å². The second kappa shape index (κ2) is 8.90. The number of carbonyl (C=O) groups excluding carboxylic acids is 1. The molecule has 21 heavy (non-hydrogen) atoms. The lowest BCUT2D eigenvalue weighted by atomic mass is 9.97. The number of aryl methyl sites for hydroxylation is 2. The second-order valence-corrected chi connectivity index (χ2v) is 5.49. The summed E-state index contributed by atoms with van der Waals surface area (Å²) in [6, 6.07) is 6.15. The number of hydrogen-bond acceptors (Lipinski definition) is 3. The highest BCUT2D eigenvalue weighted by Gasteiger charge is 2.20.